The second kappa shape index (κ2) is 12.3. The summed E-state index contributed by atoms with van der Waals surface area (Å²) in [5, 5.41) is 112. The van der Waals surface area contributed by atoms with Crippen LogP contribution in [0.3, 0.4) is 0 Å². The second-order valence-electron chi connectivity index (χ2n) is 10.2. The highest BCUT2D eigenvalue weighted by atomic mass is 16.7. The zero-order chi connectivity index (χ0) is 32.0. The van der Waals surface area contributed by atoms with Crippen molar-refractivity contribution in [1.29, 1.82) is 0 Å². The molecular weight excluding hydrogens is 596 g/mol. The minimum atomic E-state index is -2.01. The number of fused-ring (bicyclic) bond motifs is 1. The molecule has 1 aromatic heterocycles. The maximum atomic E-state index is 13.3. The molecule has 44 heavy (non-hydrogen) atoms. The number of aliphatic hydroxyl groups excluding tert-OH is 8. The number of hydrogen-bond acceptors (Lipinski definition) is 17. The van der Waals surface area contributed by atoms with Crippen LogP contribution in [0.25, 0.3) is 22.3 Å². The molecule has 0 aliphatic carbocycles. The Morgan fingerprint density at radius 3 is 1.66 bits per heavy atom. The topological polar surface area (TPSA) is 290 Å². The normalized spacial score (nSPS) is 32.5. The van der Waals surface area contributed by atoms with Crippen molar-refractivity contribution < 1.29 is 79.5 Å². The molecule has 2 aliphatic heterocycles. The first-order valence-electron chi connectivity index (χ1n) is 13.2. The van der Waals surface area contributed by atoms with E-state index in [0.29, 0.717) is 0 Å². The average molecular weight is 627 g/mol. The molecular formula is C27H30O17. The summed E-state index contributed by atoms with van der Waals surface area (Å²) < 4.78 is 27.5. The van der Waals surface area contributed by atoms with E-state index in [9.17, 15) is 61.0 Å². The smallest absolute Gasteiger partial charge is 0.229 e. The van der Waals surface area contributed by atoms with E-state index in [4.69, 9.17) is 23.4 Å². The lowest BCUT2D eigenvalue weighted by molar-refractivity contribution is -0.279. The van der Waals surface area contributed by atoms with Crippen molar-refractivity contribution in [2.24, 2.45) is 0 Å². The molecule has 3 heterocycles. The molecule has 0 unspecified atom stereocenters. The Balaban J connectivity index is 1.67. The van der Waals surface area contributed by atoms with Crippen molar-refractivity contribution >= 4 is 11.0 Å². The van der Waals surface area contributed by atoms with Crippen molar-refractivity contribution in [2.75, 3.05) is 13.2 Å². The Bertz CT molecular complexity index is 1540. The van der Waals surface area contributed by atoms with Gasteiger partial charge in [0.05, 0.1) is 13.2 Å². The van der Waals surface area contributed by atoms with Gasteiger partial charge in [0.15, 0.2) is 16.8 Å². The first-order valence-corrected chi connectivity index (χ1v) is 13.2. The van der Waals surface area contributed by atoms with Crippen LogP contribution in [0, 0.1) is 0 Å². The van der Waals surface area contributed by atoms with Crippen molar-refractivity contribution in [2.45, 2.75) is 61.4 Å². The summed E-state index contributed by atoms with van der Waals surface area (Å²) in [5.41, 5.74) is -1.33. The fraction of sp³-hybridized carbons (Fsp3) is 0.444. The van der Waals surface area contributed by atoms with Crippen LogP contribution in [-0.4, -0.2) is 131 Å². The number of hydrogen-bond donors (Lipinski definition) is 11. The van der Waals surface area contributed by atoms with E-state index in [1.54, 1.807) is 0 Å². The average Bonchev–Trinajstić information content (AvgIpc) is 3.01. The minimum Gasteiger partial charge on any atom is -0.508 e. The standard InChI is InChI=1S/C27H30O17/c28-6-12-15(32)18(35)20(37)26(41-12)43-24-17(34)14-10(31)5-11(8-1-3-9(30)4-2-8)40-23(14)25(22(24)39)44-27-21(38)19(36)16(33)13(7-29)42-27/h1-5,12-13,15-16,18-21,26-30,32-39H,6-7H2/t12-,13-,15-,16-,18-,19+,20-,21-,26+,27+/m1/s1. The molecule has 0 amide bonds. The molecule has 11 N–H and O–H groups in total. The molecule has 2 aliphatic rings. The van der Waals surface area contributed by atoms with Crippen molar-refractivity contribution in [1.82, 2.24) is 0 Å². The van der Waals surface area contributed by atoms with Gasteiger partial charge in [0.25, 0.3) is 0 Å². The Hall–Kier alpha value is -3.75. The highest BCUT2D eigenvalue weighted by Gasteiger charge is 2.47. The van der Waals surface area contributed by atoms with Crippen LogP contribution in [0.15, 0.2) is 39.5 Å². The lowest BCUT2D eigenvalue weighted by Gasteiger charge is -2.40. The van der Waals surface area contributed by atoms with Gasteiger partial charge in [0.1, 0.15) is 65.7 Å². The molecule has 2 fully saturated rings. The van der Waals surface area contributed by atoms with E-state index < -0.39 is 114 Å². The molecule has 10 atom stereocenters. The molecule has 2 aromatic carbocycles. The molecule has 0 radical (unpaired) electrons. The van der Waals surface area contributed by atoms with Gasteiger partial charge in [-0.3, -0.25) is 4.79 Å². The summed E-state index contributed by atoms with van der Waals surface area (Å²) in [6.45, 7) is -1.67. The van der Waals surface area contributed by atoms with Crippen molar-refractivity contribution in [3.05, 3.63) is 40.6 Å². The summed E-state index contributed by atoms with van der Waals surface area (Å²) in [6, 6.07) is 6.29. The van der Waals surface area contributed by atoms with E-state index >= 15 is 0 Å². The van der Waals surface area contributed by atoms with E-state index in [2.05, 4.69) is 0 Å². The third kappa shape index (κ3) is 5.50. The van der Waals surface area contributed by atoms with Crippen LogP contribution >= 0.6 is 0 Å². The van der Waals surface area contributed by atoms with Gasteiger partial charge >= 0.3 is 0 Å². The van der Waals surface area contributed by atoms with Gasteiger partial charge in [-0.25, -0.2) is 0 Å². The van der Waals surface area contributed by atoms with Gasteiger partial charge in [-0.05, 0) is 24.3 Å². The Labute approximate surface area is 246 Å². The van der Waals surface area contributed by atoms with E-state index in [-0.39, 0.29) is 17.1 Å². The largest absolute Gasteiger partial charge is 0.508 e. The fourth-order valence-corrected chi connectivity index (χ4v) is 4.86. The van der Waals surface area contributed by atoms with E-state index in [0.717, 1.165) is 6.07 Å². The lowest BCUT2D eigenvalue weighted by Crippen LogP contribution is -2.60. The molecule has 2 saturated heterocycles. The number of phenolic OH excluding ortho intramolecular Hbond substituents is 3. The van der Waals surface area contributed by atoms with Gasteiger partial charge in [0.2, 0.25) is 29.8 Å². The van der Waals surface area contributed by atoms with E-state index in [1.807, 2.05) is 0 Å². The molecule has 0 spiro atoms. The van der Waals surface area contributed by atoms with Crippen molar-refractivity contribution in [3.8, 4) is 40.1 Å². The Kier molecular flexibility index (Phi) is 8.87. The van der Waals surface area contributed by atoms with Crippen LogP contribution in [0.2, 0.25) is 0 Å². The van der Waals surface area contributed by atoms with Gasteiger partial charge in [-0.1, -0.05) is 0 Å². The first-order chi connectivity index (χ1) is 20.9. The molecule has 17 nitrogen and oxygen atoms in total. The molecule has 5 rings (SSSR count). The quantitative estimate of drug-likeness (QED) is 0.124. The summed E-state index contributed by atoms with van der Waals surface area (Å²) >= 11 is 0. The zero-order valence-corrected chi connectivity index (χ0v) is 22.4. The molecule has 0 bridgehead atoms. The highest BCUT2D eigenvalue weighted by Crippen LogP contribution is 2.51. The van der Waals surface area contributed by atoms with Crippen LogP contribution in [0.1, 0.15) is 0 Å². The number of rotatable bonds is 7. The molecule has 0 saturated carbocycles. The molecule has 240 valence electrons. The maximum absolute atomic E-state index is 13.3. The van der Waals surface area contributed by atoms with Gasteiger partial charge < -0.3 is 79.5 Å². The summed E-state index contributed by atoms with van der Waals surface area (Å²) in [5.74, 6) is -4.28. The second-order valence-corrected chi connectivity index (χ2v) is 10.2. The highest BCUT2D eigenvalue weighted by molar-refractivity contribution is 5.95. The predicted molar refractivity (Wildman–Crippen MR) is 142 cm³/mol. The van der Waals surface area contributed by atoms with E-state index in [1.165, 1.54) is 24.3 Å². The Morgan fingerprint density at radius 2 is 1.16 bits per heavy atom. The third-order valence-electron chi connectivity index (χ3n) is 7.35. The van der Waals surface area contributed by atoms with Gasteiger partial charge in [-0.15, -0.1) is 0 Å². The van der Waals surface area contributed by atoms with Crippen LogP contribution in [-0.2, 0) is 9.47 Å². The fourth-order valence-electron chi connectivity index (χ4n) is 4.86. The van der Waals surface area contributed by atoms with Crippen LogP contribution < -0.4 is 14.9 Å². The number of phenols is 3. The summed E-state index contributed by atoms with van der Waals surface area (Å²) in [4.78, 5) is 13.3. The number of ether oxygens (including phenoxy) is 4. The minimum absolute atomic E-state index is 0.103. The van der Waals surface area contributed by atoms with Gasteiger partial charge in [0, 0.05) is 11.6 Å². The summed E-state index contributed by atoms with van der Waals surface area (Å²) in [7, 11) is 0. The molecule has 17 heteroatoms. The lowest BCUT2D eigenvalue weighted by atomic mass is 9.99. The Morgan fingerprint density at radius 1 is 0.659 bits per heavy atom. The monoisotopic (exact) mass is 626 g/mol. The van der Waals surface area contributed by atoms with Gasteiger partial charge in [-0.2, -0.15) is 0 Å². The van der Waals surface area contributed by atoms with Crippen LogP contribution in [0.4, 0.5) is 0 Å². The van der Waals surface area contributed by atoms with Crippen molar-refractivity contribution in [3.63, 3.8) is 0 Å². The number of benzene rings is 2. The molecule has 3 aromatic rings. The maximum Gasteiger partial charge on any atom is 0.229 e. The number of aliphatic hydroxyl groups is 8. The summed E-state index contributed by atoms with van der Waals surface area (Å²) in [6.07, 6.45) is -18.2. The van der Waals surface area contributed by atoms with Crippen LogP contribution in [0.5, 0.6) is 28.7 Å². The number of aromatic hydroxyl groups is 3. The predicted octanol–water partition coefficient (Wildman–Crippen LogP) is -3.07. The third-order valence-corrected chi connectivity index (χ3v) is 7.35. The SMILES string of the molecule is O=c1cc(-c2ccc(O)cc2)oc2c(O[C@@H]3O[C@H](CO)[C@@H](O)[C@H](O)[C@H]3O)c(O)c(O[C@@H]3O[C@H](CO)[C@@H](O)[C@@H](O)[C@H]3O)c(O)c12. The first kappa shape index (κ1) is 31.7. The zero-order valence-electron chi connectivity index (χ0n) is 22.4.